The van der Waals surface area contributed by atoms with Crippen molar-refractivity contribution in [2.75, 3.05) is 39.0 Å². The van der Waals surface area contributed by atoms with Crippen LogP contribution in [0.3, 0.4) is 0 Å². The van der Waals surface area contributed by atoms with Gasteiger partial charge in [0.05, 0.1) is 7.11 Å². The lowest BCUT2D eigenvalue weighted by molar-refractivity contribution is 0.233. The maximum absolute atomic E-state index is 6.13. The number of nitrogens with two attached hydrogens (primary N) is 1. The van der Waals surface area contributed by atoms with Crippen molar-refractivity contribution in [1.29, 1.82) is 0 Å². The lowest BCUT2D eigenvalue weighted by Gasteiger charge is -2.28. The van der Waals surface area contributed by atoms with Gasteiger partial charge in [-0.1, -0.05) is 0 Å². The Labute approximate surface area is 103 Å². The molecule has 0 bridgehead atoms. The molecule has 3 N–H and O–H groups in total. The van der Waals surface area contributed by atoms with Gasteiger partial charge in [-0.25, -0.2) is 0 Å². The maximum atomic E-state index is 6.13. The van der Waals surface area contributed by atoms with E-state index in [-0.39, 0.29) is 0 Å². The van der Waals surface area contributed by atoms with Gasteiger partial charge in [-0.2, -0.15) is 0 Å². The Bertz CT molecular complexity index is 386. The van der Waals surface area contributed by atoms with E-state index in [9.17, 15) is 0 Å². The van der Waals surface area contributed by atoms with Crippen LogP contribution in [0.15, 0.2) is 12.1 Å². The molecule has 0 aliphatic carbocycles. The number of piperazine rings is 1. The number of nitrogens with zero attached hydrogens (tertiary/aromatic N) is 1. The first-order valence-corrected chi connectivity index (χ1v) is 6.07. The molecule has 4 nitrogen and oxygen atoms in total. The van der Waals surface area contributed by atoms with Crippen LogP contribution in [0.2, 0.25) is 0 Å². The van der Waals surface area contributed by atoms with Gasteiger partial charge < -0.3 is 15.8 Å². The van der Waals surface area contributed by atoms with Crippen LogP contribution in [0.1, 0.15) is 11.1 Å². The Morgan fingerprint density at radius 3 is 2.71 bits per heavy atom. The first kappa shape index (κ1) is 12.2. The molecule has 1 aliphatic heterocycles. The molecule has 0 radical (unpaired) electrons. The summed E-state index contributed by atoms with van der Waals surface area (Å²) in [7, 11) is 1.69. The fraction of sp³-hybridized carbons (Fsp3) is 0.538. The van der Waals surface area contributed by atoms with Crippen molar-refractivity contribution >= 4 is 5.69 Å². The second kappa shape index (κ2) is 5.38. The SMILES string of the molecule is COc1cc(C)c(N)c(CN2CCNCC2)c1. The smallest absolute Gasteiger partial charge is 0.119 e. The fourth-order valence-corrected chi connectivity index (χ4v) is 2.19. The summed E-state index contributed by atoms with van der Waals surface area (Å²) in [6.07, 6.45) is 0. The van der Waals surface area contributed by atoms with Crippen LogP contribution < -0.4 is 15.8 Å². The average molecular weight is 235 g/mol. The number of benzene rings is 1. The molecule has 2 rings (SSSR count). The third-order valence-corrected chi connectivity index (χ3v) is 3.29. The molecule has 94 valence electrons. The third kappa shape index (κ3) is 2.90. The first-order valence-electron chi connectivity index (χ1n) is 6.07. The minimum atomic E-state index is 0.891. The standard InChI is InChI=1S/C13H21N3O/c1-10-7-12(17-2)8-11(13(10)14)9-16-5-3-15-4-6-16/h7-8,15H,3-6,9,14H2,1-2H3. The Morgan fingerprint density at radius 2 is 2.06 bits per heavy atom. The van der Waals surface area contributed by atoms with Gasteiger partial charge in [-0.3, -0.25) is 4.90 Å². The van der Waals surface area contributed by atoms with Gasteiger partial charge in [-0.05, 0) is 30.2 Å². The van der Waals surface area contributed by atoms with Gasteiger partial charge in [0.25, 0.3) is 0 Å². The molecule has 1 saturated heterocycles. The van der Waals surface area contributed by atoms with Crippen LogP contribution in [0, 0.1) is 6.92 Å². The molecule has 0 unspecified atom stereocenters. The zero-order valence-electron chi connectivity index (χ0n) is 10.6. The van der Waals surface area contributed by atoms with Crippen molar-refractivity contribution in [2.45, 2.75) is 13.5 Å². The Kier molecular flexibility index (Phi) is 3.86. The number of hydrogen-bond acceptors (Lipinski definition) is 4. The van der Waals surface area contributed by atoms with Crippen LogP contribution in [0.4, 0.5) is 5.69 Å². The second-order valence-corrected chi connectivity index (χ2v) is 4.54. The number of hydrogen-bond donors (Lipinski definition) is 2. The average Bonchev–Trinajstić information content (AvgIpc) is 2.36. The minimum Gasteiger partial charge on any atom is -0.497 e. The number of aryl methyl sites for hydroxylation is 1. The van der Waals surface area contributed by atoms with E-state index in [0.717, 1.165) is 49.7 Å². The molecule has 1 aromatic rings. The molecule has 0 aromatic heterocycles. The number of anilines is 1. The van der Waals surface area contributed by atoms with E-state index in [1.54, 1.807) is 7.11 Å². The maximum Gasteiger partial charge on any atom is 0.119 e. The van der Waals surface area contributed by atoms with E-state index in [4.69, 9.17) is 10.5 Å². The van der Waals surface area contributed by atoms with E-state index >= 15 is 0 Å². The van der Waals surface area contributed by atoms with Crippen molar-refractivity contribution in [3.8, 4) is 5.75 Å². The predicted molar refractivity (Wildman–Crippen MR) is 70.3 cm³/mol. The second-order valence-electron chi connectivity index (χ2n) is 4.54. The van der Waals surface area contributed by atoms with Crippen LogP contribution in [-0.2, 0) is 6.54 Å². The molecule has 0 spiro atoms. The molecular formula is C13H21N3O. The van der Waals surface area contributed by atoms with Gasteiger partial charge in [-0.15, -0.1) is 0 Å². The van der Waals surface area contributed by atoms with Gasteiger partial charge in [0.15, 0.2) is 0 Å². The van der Waals surface area contributed by atoms with Gasteiger partial charge in [0.2, 0.25) is 0 Å². The zero-order valence-corrected chi connectivity index (χ0v) is 10.6. The van der Waals surface area contributed by atoms with E-state index in [1.165, 1.54) is 5.56 Å². The van der Waals surface area contributed by atoms with Crippen molar-refractivity contribution in [3.05, 3.63) is 23.3 Å². The largest absolute Gasteiger partial charge is 0.497 e. The number of nitrogen functional groups attached to an aromatic ring is 1. The summed E-state index contributed by atoms with van der Waals surface area (Å²) in [5.41, 5.74) is 9.28. The van der Waals surface area contributed by atoms with E-state index in [2.05, 4.69) is 10.2 Å². The van der Waals surface area contributed by atoms with Crippen LogP contribution in [0.25, 0.3) is 0 Å². The highest BCUT2D eigenvalue weighted by molar-refractivity contribution is 5.56. The molecule has 1 aliphatic rings. The summed E-state index contributed by atoms with van der Waals surface area (Å²) < 4.78 is 5.29. The highest BCUT2D eigenvalue weighted by Crippen LogP contribution is 2.25. The highest BCUT2D eigenvalue weighted by atomic mass is 16.5. The van der Waals surface area contributed by atoms with E-state index in [0.29, 0.717) is 0 Å². The molecular weight excluding hydrogens is 214 g/mol. The molecule has 0 atom stereocenters. The normalized spacial score (nSPS) is 17.1. The van der Waals surface area contributed by atoms with Crippen LogP contribution in [-0.4, -0.2) is 38.2 Å². The summed E-state index contributed by atoms with van der Waals surface area (Å²) in [6.45, 7) is 7.21. The fourth-order valence-electron chi connectivity index (χ4n) is 2.19. The lowest BCUT2D eigenvalue weighted by atomic mass is 10.1. The van der Waals surface area contributed by atoms with Gasteiger partial charge in [0.1, 0.15) is 5.75 Å². The molecule has 1 heterocycles. The molecule has 1 fully saturated rings. The molecule has 4 heteroatoms. The summed E-state index contributed by atoms with van der Waals surface area (Å²) in [5, 5.41) is 3.35. The minimum absolute atomic E-state index is 0.891. The van der Waals surface area contributed by atoms with E-state index < -0.39 is 0 Å². The third-order valence-electron chi connectivity index (χ3n) is 3.29. The zero-order chi connectivity index (χ0) is 12.3. The Balaban J connectivity index is 2.15. The molecule has 1 aromatic carbocycles. The van der Waals surface area contributed by atoms with E-state index in [1.807, 2.05) is 19.1 Å². The monoisotopic (exact) mass is 235 g/mol. The van der Waals surface area contributed by atoms with Crippen LogP contribution >= 0.6 is 0 Å². The van der Waals surface area contributed by atoms with Crippen molar-refractivity contribution < 1.29 is 4.74 Å². The van der Waals surface area contributed by atoms with Gasteiger partial charge >= 0.3 is 0 Å². The summed E-state index contributed by atoms with van der Waals surface area (Å²) >= 11 is 0. The number of methoxy groups -OCH3 is 1. The molecule has 0 saturated carbocycles. The molecule has 0 amide bonds. The summed E-state index contributed by atoms with van der Waals surface area (Å²) in [4.78, 5) is 2.42. The lowest BCUT2D eigenvalue weighted by Crippen LogP contribution is -2.43. The Morgan fingerprint density at radius 1 is 1.35 bits per heavy atom. The summed E-state index contributed by atoms with van der Waals surface area (Å²) in [5.74, 6) is 0.891. The van der Waals surface area contributed by atoms with Crippen molar-refractivity contribution in [1.82, 2.24) is 10.2 Å². The molecule has 17 heavy (non-hydrogen) atoms. The van der Waals surface area contributed by atoms with Crippen LogP contribution in [0.5, 0.6) is 5.75 Å². The van der Waals surface area contributed by atoms with Crippen molar-refractivity contribution in [3.63, 3.8) is 0 Å². The number of ether oxygens (including phenoxy) is 1. The topological polar surface area (TPSA) is 50.5 Å². The number of rotatable bonds is 3. The predicted octanol–water partition coefficient (Wildman–Crippen LogP) is 0.991. The quantitative estimate of drug-likeness (QED) is 0.767. The van der Waals surface area contributed by atoms with Gasteiger partial charge in [0, 0.05) is 38.4 Å². The summed E-state index contributed by atoms with van der Waals surface area (Å²) in [6, 6.07) is 4.03. The number of nitrogens with one attached hydrogen (secondary N) is 1. The Hall–Kier alpha value is -1.26. The van der Waals surface area contributed by atoms with Crippen molar-refractivity contribution in [2.24, 2.45) is 0 Å². The highest BCUT2D eigenvalue weighted by Gasteiger charge is 2.13. The first-order chi connectivity index (χ1) is 8.20.